The summed E-state index contributed by atoms with van der Waals surface area (Å²) in [7, 11) is 0. The number of carbonyl (C=O) groups is 2. The van der Waals surface area contributed by atoms with Gasteiger partial charge < -0.3 is 30.2 Å². The van der Waals surface area contributed by atoms with Crippen LogP contribution in [0.3, 0.4) is 0 Å². The summed E-state index contributed by atoms with van der Waals surface area (Å²) in [6, 6.07) is 7.42. The largest absolute Gasteiger partial charge is 0.508 e. The molecule has 2 aromatic rings. The molecule has 5 atom stereocenters. The number of fused-ring (bicyclic) bond motifs is 3. The summed E-state index contributed by atoms with van der Waals surface area (Å²) in [5, 5.41) is 22.7. The maximum absolute atomic E-state index is 13.3. The first-order valence-corrected chi connectivity index (χ1v) is 11.8. The Kier molecular flexibility index (Phi) is 8.46. The molecule has 1 saturated heterocycles. The fraction of sp³-hybridized carbons (Fsp3) is 0.481. The normalized spacial score (nSPS) is 28.2. The molecular weight excluding hydrogens is 559 g/mol. The van der Waals surface area contributed by atoms with Crippen molar-refractivity contribution in [2.45, 2.75) is 71.5 Å². The van der Waals surface area contributed by atoms with Crippen LogP contribution in [-0.2, 0) is 48.6 Å². The number of carbonyl (C=O) groups excluding carboxylic acids is 2. The Balaban J connectivity index is 0.00000180. The van der Waals surface area contributed by atoms with Gasteiger partial charge >= 0.3 is 0 Å². The number of benzene rings is 2. The number of hydrogen-bond acceptors (Lipinski definition) is 7. The summed E-state index contributed by atoms with van der Waals surface area (Å²) in [5.41, 5.74) is 6.71. The molecule has 9 heteroatoms. The molecule has 0 spiro atoms. The zero-order valence-corrected chi connectivity index (χ0v) is 24.5. The van der Waals surface area contributed by atoms with Crippen molar-refractivity contribution in [3.63, 3.8) is 0 Å². The summed E-state index contributed by atoms with van der Waals surface area (Å²) in [6.07, 6.45) is 0.128. The number of phenolic OH excluding ortho intramolecular Hbond substituents is 2. The third kappa shape index (κ3) is 4.68. The number of nitrogens with two attached hydrogens (primary N) is 1. The second kappa shape index (κ2) is 10.4. The van der Waals surface area contributed by atoms with Crippen LogP contribution in [-0.4, -0.2) is 40.2 Å². The van der Waals surface area contributed by atoms with Crippen molar-refractivity contribution in [3.05, 3.63) is 57.6 Å². The van der Waals surface area contributed by atoms with E-state index in [1.165, 1.54) is 6.07 Å². The van der Waals surface area contributed by atoms with Crippen LogP contribution < -0.4 is 5.73 Å². The first-order chi connectivity index (χ1) is 16.0. The summed E-state index contributed by atoms with van der Waals surface area (Å²) < 4.78 is 12.4. The Morgan fingerprint density at radius 2 is 1.81 bits per heavy atom. The van der Waals surface area contributed by atoms with E-state index in [0.717, 1.165) is 0 Å². The van der Waals surface area contributed by atoms with Gasteiger partial charge in [-0.2, -0.15) is 0 Å². The van der Waals surface area contributed by atoms with E-state index >= 15 is 0 Å². The quantitative estimate of drug-likeness (QED) is 0.302. The van der Waals surface area contributed by atoms with Gasteiger partial charge in [-0.1, -0.05) is 31.9 Å². The minimum absolute atomic E-state index is 0. The molecule has 1 fully saturated rings. The first kappa shape index (κ1) is 29.2. The van der Waals surface area contributed by atoms with Gasteiger partial charge in [0.25, 0.3) is 0 Å². The Labute approximate surface area is 242 Å². The maximum atomic E-state index is 13.3. The zero-order valence-electron chi connectivity index (χ0n) is 20.8. The fourth-order valence-corrected chi connectivity index (χ4v) is 5.58. The molecule has 0 amide bonds. The van der Waals surface area contributed by atoms with Gasteiger partial charge in [-0.05, 0) is 31.1 Å². The molecule has 1 aliphatic heterocycles. The number of ketones is 2. The molecule has 36 heavy (non-hydrogen) atoms. The van der Waals surface area contributed by atoms with E-state index in [0.29, 0.717) is 30.4 Å². The van der Waals surface area contributed by atoms with Crippen LogP contribution in [0.15, 0.2) is 18.2 Å². The predicted octanol–water partition coefficient (Wildman–Crippen LogP) is 4.22. The van der Waals surface area contributed by atoms with Crippen LogP contribution in [0.4, 0.5) is 0 Å². The van der Waals surface area contributed by atoms with Gasteiger partial charge in [0, 0.05) is 61.9 Å². The van der Waals surface area contributed by atoms with Crippen molar-refractivity contribution < 1.29 is 62.0 Å². The summed E-state index contributed by atoms with van der Waals surface area (Å²) in [4.78, 5) is 26.6. The molecule has 2 aliphatic carbocycles. The standard InChI is InChI=1S/C27H30NO6.ClH.Y/c1-12-13(2)33-19(9-17(12)28)34-18-11-27(3,4)10-16-20(18)26(32)22-21(25(16)31)23(29)14-7-5-6-8-15(14)24(22)30;;/h5-7,12-13,17-19,31-32H,9-11,28H2,1-4H3;1H;/q-1;;. The van der Waals surface area contributed by atoms with E-state index in [-0.39, 0.29) is 102 Å². The Morgan fingerprint density at radius 1 is 1.14 bits per heavy atom. The molecule has 5 rings (SSSR count). The number of aromatic hydroxyl groups is 2. The molecule has 1 heterocycles. The Morgan fingerprint density at radius 3 is 2.47 bits per heavy atom. The smallest absolute Gasteiger partial charge is 0.160 e. The molecule has 191 valence electrons. The van der Waals surface area contributed by atoms with E-state index in [9.17, 15) is 19.8 Å². The van der Waals surface area contributed by atoms with Crippen LogP contribution in [0, 0.1) is 17.4 Å². The van der Waals surface area contributed by atoms with Gasteiger partial charge in [-0.15, -0.1) is 36.7 Å². The van der Waals surface area contributed by atoms with E-state index in [1.807, 2.05) is 27.7 Å². The van der Waals surface area contributed by atoms with Crippen molar-refractivity contribution >= 4 is 24.0 Å². The van der Waals surface area contributed by atoms with Crippen molar-refractivity contribution in [3.8, 4) is 11.5 Å². The number of rotatable bonds is 2. The SMILES string of the molecule is CC1OC(OC2CC(C)(C)Cc3c(O)c4c(c(O)c32)C(=O)c2[c-]cccc2C4=O)CC(N)C1C.Cl.[Y]. The van der Waals surface area contributed by atoms with Crippen LogP contribution >= 0.6 is 12.4 Å². The number of ether oxygens (including phenoxy) is 2. The summed E-state index contributed by atoms with van der Waals surface area (Å²) in [6.45, 7) is 8.07. The number of phenols is 2. The number of hydrogen-bond donors (Lipinski definition) is 3. The van der Waals surface area contributed by atoms with Gasteiger partial charge in [0.05, 0.1) is 17.8 Å². The van der Waals surface area contributed by atoms with Gasteiger partial charge in [0.2, 0.25) is 0 Å². The van der Waals surface area contributed by atoms with Crippen molar-refractivity contribution in [2.24, 2.45) is 17.1 Å². The van der Waals surface area contributed by atoms with E-state index < -0.39 is 24.0 Å². The van der Waals surface area contributed by atoms with Crippen molar-refractivity contribution in [2.75, 3.05) is 0 Å². The minimum atomic E-state index is -0.642. The molecular formula is C27H31ClNO6Y-. The second-order valence-corrected chi connectivity index (χ2v) is 10.7. The Hall–Kier alpha value is -1.35. The molecule has 4 N–H and O–H groups in total. The molecule has 5 unspecified atom stereocenters. The molecule has 2 aromatic carbocycles. The van der Waals surface area contributed by atoms with Crippen molar-refractivity contribution in [1.82, 2.24) is 0 Å². The van der Waals surface area contributed by atoms with Gasteiger partial charge in [-0.3, -0.25) is 4.79 Å². The van der Waals surface area contributed by atoms with E-state index in [1.54, 1.807) is 12.1 Å². The molecule has 0 saturated carbocycles. The van der Waals surface area contributed by atoms with Crippen LogP contribution in [0.1, 0.15) is 89.6 Å². The minimum Gasteiger partial charge on any atom is -0.508 e. The molecule has 3 aliphatic rings. The molecule has 1 radical (unpaired) electrons. The Bertz CT molecular complexity index is 1200. The van der Waals surface area contributed by atoms with E-state index in [2.05, 4.69) is 6.07 Å². The zero-order chi connectivity index (χ0) is 24.5. The monoisotopic (exact) mass is 589 g/mol. The first-order valence-electron chi connectivity index (χ1n) is 11.8. The molecule has 0 aromatic heterocycles. The average molecular weight is 590 g/mol. The number of halogens is 1. The van der Waals surface area contributed by atoms with Gasteiger partial charge in [0.15, 0.2) is 12.1 Å². The van der Waals surface area contributed by atoms with Crippen molar-refractivity contribution in [1.29, 1.82) is 0 Å². The van der Waals surface area contributed by atoms with Gasteiger partial charge in [0.1, 0.15) is 17.3 Å². The third-order valence-electron chi connectivity index (χ3n) is 7.65. The second-order valence-electron chi connectivity index (χ2n) is 10.7. The van der Waals surface area contributed by atoms with Crippen LogP contribution in [0.25, 0.3) is 0 Å². The maximum Gasteiger partial charge on any atom is 0.160 e. The average Bonchev–Trinajstić information content (AvgIpc) is 2.77. The fourth-order valence-electron chi connectivity index (χ4n) is 5.58. The summed E-state index contributed by atoms with van der Waals surface area (Å²) in [5.74, 6) is -1.43. The topological polar surface area (TPSA) is 119 Å². The van der Waals surface area contributed by atoms with Gasteiger partial charge in [-0.25, -0.2) is 0 Å². The molecule has 0 bridgehead atoms. The van der Waals surface area contributed by atoms with Crippen LogP contribution in [0.5, 0.6) is 11.5 Å². The molecule has 7 nitrogen and oxygen atoms in total. The van der Waals surface area contributed by atoms with E-state index in [4.69, 9.17) is 15.2 Å². The van der Waals surface area contributed by atoms with Crippen LogP contribution in [0.2, 0.25) is 0 Å². The predicted molar refractivity (Wildman–Crippen MR) is 131 cm³/mol. The third-order valence-corrected chi connectivity index (χ3v) is 7.65. The summed E-state index contributed by atoms with van der Waals surface area (Å²) >= 11 is 0.